The number of aryl methyl sites for hydroxylation is 3. The number of nitrogens with zero attached hydrogens (tertiary/aromatic N) is 1. The topological polar surface area (TPSA) is 12.9 Å². The molecule has 0 unspecified atom stereocenters. The number of alkyl halides is 1. The van der Waals surface area contributed by atoms with Crippen molar-refractivity contribution in [2.75, 3.05) is 5.88 Å². The number of aromatic nitrogens is 1. The fourth-order valence-electron chi connectivity index (χ4n) is 1.73. The van der Waals surface area contributed by atoms with Gasteiger partial charge in [-0.1, -0.05) is 23.8 Å². The van der Waals surface area contributed by atoms with E-state index in [0.717, 1.165) is 17.1 Å². The molecular weight excluding hydrogens is 238 g/mol. The number of hydrogen-bond donors (Lipinski definition) is 0. The quantitative estimate of drug-likeness (QED) is 0.745. The Labute approximate surface area is 105 Å². The Morgan fingerprint density at radius 1 is 1.31 bits per heavy atom. The number of halogens is 1. The maximum absolute atomic E-state index is 5.71. The lowest BCUT2D eigenvalue weighted by Crippen LogP contribution is -1.87. The van der Waals surface area contributed by atoms with Crippen molar-refractivity contribution in [3.05, 3.63) is 39.7 Å². The second-order valence-corrected chi connectivity index (χ2v) is 5.20. The molecule has 3 heteroatoms. The highest BCUT2D eigenvalue weighted by atomic mass is 35.5. The minimum Gasteiger partial charge on any atom is -0.241 e. The fraction of sp³-hybridized carbons (Fsp3) is 0.308. The Kier molecular flexibility index (Phi) is 3.62. The summed E-state index contributed by atoms with van der Waals surface area (Å²) in [6.45, 7) is 4.24. The standard InChI is InChI=1S/C13H14ClNS/c1-9-3-4-11(10(2)7-9)12-8-16-13(15-12)5-6-14/h3-4,7-8H,5-6H2,1-2H3. The van der Waals surface area contributed by atoms with Gasteiger partial charge >= 0.3 is 0 Å². The minimum atomic E-state index is 0.639. The van der Waals surface area contributed by atoms with Crippen LogP contribution in [0.2, 0.25) is 0 Å². The smallest absolute Gasteiger partial charge is 0.0944 e. The maximum atomic E-state index is 5.71. The van der Waals surface area contributed by atoms with Crippen molar-refractivity contribution in [1.29, 1.82) is 0 Å². The first-order chi connectivity index (χ1) is 7.70. The van der Waals surface area contributed by atoms with Crippen LogP contribution in [0.3, 0.4) is 0 Å². The van der Waals surface area contributed by atoms with Crippen LogP contribution in [0.4, 0.5) is 0 Å². The van der Waals surface area contributed by atoms with Crippen molar-refractivity contribution >= 4 is 22.9 Å². The Bertz CT molecular complexity index is 490. The molecule has 0 fully saturated rings. The number of benzene rings is 1. The van der Waals surface area contributed by atoms with Crippen LogP contribution in [-0.4, -0.2) is 10.9 Å². The molecule has 84 valence electrons. The summed E-state index contributed by atoms with van der Waals surface area (Å²) in [5.41, 5.74) is 4.87. The molecule has 16 heavy (non-hydrogen) atoms. The Balaban J connectivity index is 2.35. The van der Waals surface area contributed by atoms with E-state index in [2.05, 4.69) is 42.4 Å². The Morgan fingerprint density at radius 2 is 2.12 bits per heavy atom. The first-order valence-corrected chi connectivity index (χ1v) is 6.70. The Morgan fingerprint density at radius 3 is 2.81 bits per heavy atom. The van der Waals surface area contributed by atoms with E-state index in [0.29, 0.717) is 5.88 Å². The van der Waals surface area contributed by atoms with Crippen LogP contribution in [0.5, 0.6) is 0 Å². The molecule has 0 aliphatic carbocycles. The van der Waals surface area contributed by atoms with Gasteiger partial charge in [-0.3, -0.25) is 0 Å². The van der Waals surface area contributed by atoms with Gasteiger partial charge < -0.3 is 0 Å². The molecule has 0 amide bonds. The molecule has 1 heterocycles. The molecule has 1 aromatic heterocycles. The lowest BCUT2D eigenvalue weighted by Gasteiger charge is -2.03. The highest BCUT2D eigenvalue weighted by Crippen LogP contribution is 2.26. The molecule has 0 aliphatic heterocycles. The average Bonchev–Trinajstić information content (AvgIpc) is 2.67. The van der Waals surface area contributed by atoms with Gasteiger partial charge in [0.2, 0.25) is 0 Å². The van der Waals surface area contributed by atoms with Crippen LogP contribution >= 0.6 is 22.9 Å². The fourth-order valence-corrected chi connectivity index (χ4v) is 2.82. The molecule has 0 aliphatic rings. The molecule has 0 radical (unpaired) electrons. The van der Waals surface area contributed by atoms with Crippen molar-refractivity contribution < 1.29 is 0 Å². The van der Waals surface area contributed by atoms with Crippen LogP contribution in [0, 0.1) is 13.8 Å². The van der Waals surface area contributed by atoms with Gasteiger partial charge in [0.1, 0.15) is 0 Å². The molecule has 1 aromatic carbocycles. The monoisotopic (exact) mass is 251 g/mol. The summed E-state index contributed by atoms with van der Waals surface area (Å²) in [4.78, 5) is 4.59. The van der Waals surface area contributed by atoms with Crippen molar-refractivity contribution in [1.82, 2.24) is 4.98 Å². The van der Waals surface area contributed by atoms with E-state index in [4.69, 9.17) is 11.6 Å². The van der Waals surface area contributed by atoms with Crippen molar-refractivity contribution in [2.45, 2.75) is 20.3 Å². The van der Waals surface area contributed by atoms with E-state index in [-0.39, 0.29) is 0 Å². The van der Waals surface area contributed by atoms with E-state index in [1.807, 2.05) is 0 Å². The lowest BCUT2D eigenvalue weighted by atomic mass is 10.0. The summed E-state index contributed by atoms with van der Waals surface area (Å²) in [6, 6.07) is 6.46. The van der Waals surface area contributed by atoms with Gasteiger partial charge in [-0.2, -0.15) is 0 Å². The second kappa shape index (κ2) is 4.98. The first-order valence-electron chi connectivity index (χ1n) is 5.28. The predicted molar refractivity (Wildman–Crippen MR) is 71.4 cm³/mol. The van der Waals surface area contributed by atoms with Crippen molar-refractivity contribution in [3.8, 4) is 11.3 Å². The molecule has 2 aromatic rings. The van der Waals surface area contributed by atoms with E-state index >= 15 is 0 Å². The summed E-state index contributed by atoms with van der Waals surface area (Å²) in [6.07, 6.45) is 0.858. The number of rotatable bonds is 3. The maximum Gasteiger partial charge on any atom is 0.0944 e. The van der Waals surface area contributed by atoms with Crippen LogP contribution in [0.15, 0.2) is 23.6 Å². The van der Waals surface area contributed by atoms with Gasteiger partial charge in [0.15, 0.2) is 0 Å². The highest BCUT2D eigenvalue weighted by Gasteiger charge is 2.06. The van der Waals surface area contributed by atoms with Gasteiger partial charge in [-0.05, 0) is 19.4 Å². The molecule has 0 spiro atoms. The Hall–Kier alpha value is -0.860. The van der Waals surface area contributed by atoms with Gasteiger partial charge in [0.05, 0.1) is 10.7 Å². The zero-order valence-corrected chi connectivity index (χ0v) is 11.0. The lowest BCUT2D eigenvalue weighted by molar-refractivity contribution is 1.10. The van der Waals surface area contributed by atoms with Crippen LogP contribution < -0.4 is 0 Å². The van der Waals surface area contributed by atoms with Crippen molar-refractivity contribution in [2.24, 2.45) is 0 Å². The van der Waals surface area contributed by atoms with E-state index in [9.17, 15) is 0 Å². The van der Waals surface area contributed by atoms with E-state index in [1.165, 1.54) is 16.7 Å². The summed E-state index contributed by atoms with van der Waals surface area (Å²) in [5, 5.41) is 3.23. The third kappa shape index (κ3) is 2.45. The van der Waals surface area contributed by atoms with Crippen molar-refractivity contribution in [3.63, 3.8) is 0 Å². The summed E-state index contributed by atoms with van der Waals surface area (Å²) in [7, 11) is 0. The summed E-state index contributed by atoms with van der Waals surface area (Å²) < 4.78 is 0. The number of hydrogen-bond acceptors (Lipinski definition) is 2. The molecule has 2 rings (SSSR count). The minimum absolute atomic E-state index is 0.639. The third-order valence-corrected chi connectivity index (χ3v) is 3.62. The number of thiazole rings is 1. The van der Waals surface area contributed by atoms with Gasteiger partial charge in [0, 0.05) is 23.2 Å². The molecule has 0 bridgehead atoms. The average molecular weight is 252 g/mol. The SMILES string of the molecule is Cc1ccc(-c2csc(CCCl)n2)c(C)c1. The zero-order chi connectivity index (χ0) is 11.5. The molecule has 1 nitrogen and oxygen atoms in total. The normalized spacial score (nSPS) is 10.7. The molecular formula is C13H14ClNS. The third-order valence-electron chi connectivity index (χ3n) is 2.52. The summed E-state index contributed by atoms with van der Waals surface area (Å²) in [5.74, 6) is 0.639. The van der Waals surface area contributed by atoms with Crippen LogP contribution in [0.1, 0.15) is 16.1 Å². The van der Waals surface area contributed by atoms with Gasteiger partial charge in [-0.15, -0.1) is 22.9 Å². The summed E-state index contributed by atoms with van der Waals surface area (Å²) >= 11 is 7.40. The van der Waals surface area contributed by atoms with Crippen LogP contribution in [0.25, 0.3) is 11.3 Å². The largest absolute Gasteiger partial charge is 0.241 e. The predicted octanol–water partition coefficient (Wildman–Crippen LogP) is 4.21. The van der Waals surface area contributed by atoms with Crippen LogP contribution in [-0.2, 0) is 6.42 Å². The second-order valence-electron chi connectivity index (χ2n) is 3.88. The van der Waals surface area contributed by atoms with E-state index < -0.39 is 0 Å². The molecule has 0 N–H and O–H groups in total. The molecule has 0 atom stereocenters. The molecule has 0 saturated carbocycles. The van der Waals surface area contributed by atoms with Gasteiger partial charge in [-0.25, -0.2) is 4.98 Å². The first kappa shape index (κ1) is 11.6. The van der Waals surface area contributed by atoms with Gasteiger partial charge in [0.25, 0.3) is 0 Å². The zero-order valence-electron chi connectivity index (χ0n) is 9.46. The molecule has 0 saturated heterocycles. The highest BCUT2D eigenvalue weighted by molar-refractivity contribution is 7.10. The van der Waals surface area contributed by atoms with E-state index in [1.54, 1.807) is 11.3 Å².